The normalized spacial score (nSPS) is 14.4. The summed E-state index contributed by atoms with van der Waals surface area (Å²) in [5.41, 5.74) is 15.9. The van der Waals surface area contributed by atoms with Gasteiger partial charge >= 0.3 is 0 Å². The lowest BCUT2D eigenvalue weighted by Crippen LogP contribution is -2.73. The van der Waals surface area contributed by atoms with Crippen molar-refractivity contribution in [3.8, 4) is 22.3 Å². The molecule has 0 spiro atoms. The Kier molecular flexibility index (Phi) is 8.80. The maximum atomic E-state index is 2.70. The molecule has 0 unspecified atom stereocenters. The zero-order chi connectivity index (χ0) is 43.5. The molecule has 4 heteroatoms. The van der Waals surface area contributed by atoms with Gasteiger partial charge in [0.2, 0.25) is 6.71 Å². The number of fused-ring (bicyclic) bond motifs is 8. The number of hydrogen-bond donors (Lipinski definition) is 0. The fourth-order valence-electron chi connectivity index (χ4n) is 11.1. The summed E-state index contributed by atoms with van der Waals surface area (Å²) in [6.07, 6.45) is 0. The van der Waals surface area contributed by atoms with E-state index < -0.39 is 8.07 Å². The lowest BCUT2D eigenvalue weighted by atomic mass is 9.34. The second kappa shape index (κ2) is 14.3. The maximum Gasteiger partial charge on any atom is 0.249 e. The van der Waals surface area contributed by atoms with Crippen molar-refractivity contribution >= 4 is 91.5 Å². The van der Waals surface area contributed by atoms with E-state index in [2.05, 4.69) is 241 Å². The van der Waals surface area contributed by atoms with Crippen LogP contribution in [0.3, 0.4) is 0 Å². The highest BCUT2D eigenvalue weighted by Gasteiger charge is 2.51. The molecule has 3 aliphatic rings. The topological polar surface area (TPSA) is 3.24 Å². The van der Waals surface area contributed by atoms with Gasteiger partial charge in [0.1, 0.15) is 0 Å². The molecule has 1 nitrogen and oxygen atoms in total. The van der Waals surface area contributed by atoms with E-state index in [1.54, 1.807) is 0 Å². The molecule has 12 rings (SSSR count). The third kappa shape index (κ3) is 5.92. The number of nitrogens with zero attached hydrogens (tertiary/aromatic N) is 1. The smallest absolute Gasteiger partial charge is 0.249 e. The summed E-state index contributed by atoms with van der Waals surface area (Å²) in [7, 11) is -2.78. The molecule has 64 heavy (non-hydrogen) atoms. The van der Waals surface area contributed by atoms with Gasteiger partial charge in [-0.25, -0.2) is 0 Å². The van der Waals surface area contributed by atoms with Gasteiger partial charge in [0.15, 0.2) is 8.07 Å². The van der Waals surface area contributed by atoms with Gasteiger partial charge in [-0.1, -0.05) is 210 Å². The van der Waals surface area contributed by atoms with Gasteiger partial charge in [-0.15, -0.1) is 0 Å². The van der Waals surface area contributed by atoms with Crippen molar-refractivity contribution in [2.45, 2.75) is 62.2 Å². The summed E-state index contributed by atoms with van der Waals surface area (Å²) in [6.45, 7) is 14.0. The molecule has 0 aliphatic carbocycles. The highest BCUT2D eigenvalue weighted by Crippen LogP contribution is 2.46. The van der Waals surface area contributed by atoms with Crippen LogP contribution >= 0.6 is 11.8 Å². The molecule has 0 bridgehead atoms. The highest BCUT2D eigenvalue weighted by atomic mass is 32.2. The molecular formula is C60H50BNSSi. The summed E-state index contributed by atoms with van der Waals surface area (Å²) >= 11 is 1.95. The fourth-order valence-corrected chi connectivity index (χ4v) is 17.5. The van der Waals surface area contributed by atoms with Crippen LogP contribution in [0.2, 0.25) is 0 Å². The Morgan fingerprint density at radius 1 is 0.438 bits per heavy atom. The second-order valence-corrected chi connectivity index (χ2v) is 24.9. The number of rotatable bonds is 4. The third-order valence-corrected chi connectivity index (χ3v) is 20.3. The van der Waals surface area contributed by atoms with Gasteiger partial charge < -0.3 is 4.90 Å². The van der Waals surface area contributed by atoms with Gasteiger partial charge in [0, 0.05) is 26.9 Å². The molecule has 3 heterocycles. The Bertz CT molecular complexity index is 3290. The molecule has 0 N–H and O–H groups in total. The van der Waals surface area contributed by atoms with Gasteiger partial charge in [-0.3, -0.25) is 0 Å². The number of anilines is 3. The molecule has 0 saturated heterocycles. The zero-order valence-corrected chi connectivity index (χ0v) is 39.2. The van der Waals surface area contributed by atoms with Crippen LogP contribution in [0.25, 0.3) is 33.0 Å². The Balaban J connectivity index is 1.20. The van der Waals surface area contributed by atoms with Gasteiger partial charge in [-0.05, 0) is 129 Å². The van der Waals surface area contributed by atoms with Crippen molar-refractivity contribution in [3.63, 3.8) is 0 Å². The first-order chi connectivity index (χ1) is 31.0. The van der Waals surface area contributed by atoms with Crippen molar-refractivity contribution in [1.29, 1.82) is 0 Å². The minimum atomic E-state index is -2.78. The molecule has 0 saturated carbocycles. The van der Waals surface area contributed by atoms with E-state index in [0.717, 1.165) is 0 Å². The van der Waals surface area contributed by atoms with Crippen molar-refractivity contribution in [2.75, 3.05) is 4.90 Å². The minimum Gasteiger partial charge on any atom is -0.311 e. The Morgan fingerprint density at radius 3 is 1.78 bits per heavy atom. The molecule has 308 valence electrons. The number of hydrogen-bond acceptors (Lipinski definition) is 2. The van der Waals surface area contributed by atoms with E-state index in [1.807, 2.05) is 11.8 Å². The fraction of sp³-hybridized carbons (Fsp3) is 0.133. The lowest BCUT2D eigenvalue weighted by molar-refractivity contribution is 0.590. The van der Waals surface area contributed by atoms with Crippen LogP contribution in [0.5, 0.6) is 0 Å². The quantitative estimate of drug-likeness (QED) is 0.162. The summed E-state index contributed by atoms with van der Waals surface area (Å²) in [5, 5.41) is 8.32. The molecule has 9 aromatic rings. The number of benzene rings is 9. The molecule has 0 atom stereocenters. The molecule has 0 amide bonds. The van der Waals surface area contributed by atoms with Crippen molar-refractivity contribution in [3.05, 3.63) is 205 Å². The standard InChI is InChI=1S/C60H50BNSSi/c1-59(2,3)43-27-30-45(31-28-43)62-52-37-49-48-23-15-16-24-56(48)64(46-19-9-7-10-20-46,47-21-11-8-12-22-47)57(49)38-50(52)61-51-36-44(60(4,5)6)29-32-54(51)63-55-35-42(34-53(62)58(55)61)41-26-25-39-17-13-14-18-40(39)33-41/h7-38H,1-6H3. The van der Waals surface area contributed by atoms with Gasteiger partial charge in [0.05, 0.1) is 0 Å². The van der Waals surface area contributed by atoms with Crippen LogP contribution in [-0.4, -0.2) is 14.8 Å². The van der Waals surface area contributed by atoms with Crippen LogP contribution in [0.4, 0.5) is 17.1 Å². The van der Waals surface area contributed by atoms with E-state index in [0.29, 0.717) is 0 Å². The van der Waals surface area contributed by atoms with Crippen molar-refractivity contribution in [1.82, 2.24) is 0 Å². The molecule has 0 radical (unpaired) electrons. The van der Waals surface area contributed by atoms with E-state index in [1.165, 1.54) is 108 Å². The monoisotopic (exact) mass is 855 g/mol. The van der Waals surface area contributed by atoms with Crippen LogP contribution in [0.15, 0.2) is 204 Å². The van der Waals surface area contributed by atoms with Crippen LogP contribution in [-0.2, 0) is 10.8 Å². The van der Waals surface area contributed by atoms with E-state index >= 15 is 0 Å². The predicted molar refractivity (Wildman–Crippen MR) is 279 cm³/mol. The summed E-state index contributed by atoms with van der Waals surface area (Å²) in [4.78, 5) is 5.30. The molecular weight excluding hydrogens is 806 g/mol. The molecule has 9 aromatic carbocycles. The molecule has 0 aromatic heterocycles. The van der Waals surface area contributed by atoms with E-state index in [-0.39, 0.29) is 17.5 Å². The Hall–Kier alpha value is -6.33. The second-order valence-electron chi connectivity index (χ2n) is 20.1. The average molecular weight is 856 g/mol. The summed E-state index contributed by atoms with van der Waals surface area (Å²) < 4.78 is 0. The first-order valence-corrected chi connectivity index (χ1v) is 25.6. The summed E-state index contributed by atoms with van der Waals surface area (Å²) in [5.74, 6) is 0. The summed E-state index contributed by atoms with van der Waals surface area (Å²) in [6, 6.07) is 75.0. The minimum absolute atomic E-state index is 0.00332. The van der Waals surface area contributed by atoms with E-state index in [4.69, 9.17) is 0 Å². The molecule has 3 aliphatic heterocycles. The average Bonchev–Trinajstić information content (AvgIpc) is 3.60. The van der Waals surface area contributed by atoms with Crippen LogP contribution in [0, 0.1) is 0 Å². The van der Waals surface area contributed by atoms with Gasteiger partial charge in [-0.2, -0.15) is 0 Å². The third-order valence-electron chi connectivity index (χ3n) is 14.3. The van der Waals surface area contributed by atoms with Crippen molar-refractivity contribution in [2.24, 2.45) is 0 Å². The predicted octanol–water partition coefficient (Wildman–Crippen LogP) is 11.2. The Labute approximate surface area is 384 Å². The van der Waals surface area contributed by atoms with Crippen molar-refractivity contribution < 1.29 is 0 Å². The first-order valence-electron chi connectivity index (χ1n) is 22.8. The lowest BCUT2D eigenvalue weighted by Gasteiger charge is -2.42. The first kappa shape index (κ1) is 39.3. The zero-order valence-electron chi connectivity index (χ0n) is 37.4. The highest BCUT2D eigenvalue weighted by molar-refractivity contribution is 8.00. The molecule has 0 fully saturated rings. The van der Waals surface area contributed by atoms with Crippen LogP contribution < -0.4 is 42.0 Å². The van der Waals surface area contributed by atoms with Gasteiger partial charge in [0.25, 0.3) is 0 Å². The van der Waals surface area contributed by atoms with Crippen LogP contribution in [0.1, 0.15) is 52.7 Å². The maximum absolute atomic E-state index is 2.78. The SMILES string of the molecule is CC(C)(C)c1ccc(N2c3cc4c(cc3B3c5cc(C(C)(C)C)ccc5Sc5cc(-c6ccc7ccccc7c6)cc2c53)[Si](c2ccccc2)(c2ccccc2)c2ccccc2-4)cc1. The largest absolute Gasteiger partial charge is 0.311 e. The Morgan fingerprint density at radius 2 is 1.08 bits per heavy atom. The van der Waals surface area contributed by atoms with E-state index in [9.17, 15) is 0 Å².